The first kappa shape index (κ1) is 20.5. The number of hydrogen-bond donors (Lipinski definition) is 0. The van der Waals surface area contributed by atoms with Crippen LogP contribution in [-0.4, -0.2) is 50.9 Å². The molecule has 1 aliphatic rings. The molecule has 146 valence electrons. The van der Waals surface area contributed by atoms with Gasteiger partial charge in [0.2, 0.25) is 5.91 Å². The number of alkyl halides is 3. The highest BCUT2D eigenvalue weighted by atomic mass is 32.2. The molecule has 2 rings (SSSR count). The molecule has 5 nitrogen and oxygen atoms in total. The number of nitrogens with zero attached hydrogens (tertiary/aromatic N) is 2. The second-order valence-electron chi connectivity index (χ2n) is 6.24. The molecule has 1 heterocycles. The molecule has 0 radical (unpaired) electrons. The zero-order chi connectivity index (χ0) is 19.5. The van der Waals surface area contributed by atoms with E-state index in [1.165, 1.54) is 18.2 Å². The average molecular weight is 392 g/mol. The standard InChI is InChI=1S/C17H23F3N2O3S/c1-3-13(4-2)16(23)22-11-9-21(10-12-22)14-7-5-6-8-15(14)26(24,25)17(18,19)20/h5-8,13H,3-4,9-12H2,1-2H3. The van der Waals surface area contributed by atoms with Crippen molar-refractivity contribution in [3.63, 3.8) is 0 Å². The Morgan fingerprint density at radius 2 is 1.62 bits per heavy atom. The summed E-state index contributed by atoms with van der Waals surface area (Å²) in [5, 5.41) is 0. The van der Waals surface area contributed by atoms with Gasteiger partial charge in [0.05, 0.1) is 10.6 Å². The van der Waals surface area contributed by atoms with Gasteiger partial charge in [0, 0.05) is 32.1 Å². The van der Waals surface area contributed by atoms with E-state index in [1.807, 2.05) is 13.8 Å². The summed E-state index contributed by atoms with van der Waals surface area (Å²) in [6.45, 7) is 5.18. The van der Waals surface area contributed by atoms with Gasteiger partial charge in [0.15, 0.2) is 0 Å². The van der Waals surface area contributed by atoms with Gasteiger partial charge in [-0.2, -0.15) is 13.2 Å². The molecule has 0 N–H and O–H groups in total. The molecule has 0 bridgehead atoms. The molecule has 26 heavy (non-hydrogen) atoms. The molecule has 1 aromatic rings. The van der Waals surface area contributed by atoms with Gasteiger partial charge in [0.25, 0.3) is 9.84 Å². The highest BCUT2D eigenvalue weighted by Gasteiger charge is 2.48. The first-order valence-corrected chi connectivity index (χ1v) is 10.1. The van der Waals surface area contributed by atoms with Gasteiger partial charge >= 0.3 is 5.51 Å². The van der Waals surface area contributed by atoms with E-state index in [0.29, 0.717) is 13.1 Å². The Hall–Kier alpha value is -1.77. The lowest BCUT2D eigenvalue weighted by atomic mass is 10.0. The Labute approximate surface area is 151 Å². The number of rotatable bonds is 5. The lowest BCUT2D eigenvalue weighted by molar-refractivity contribution is -0.136. The van der Waals surface area contributed by atoms with Crippen LogP contribution >= 0.6 is 0 Å². The van der Waals surface area contributed by atoms with Crippen molar-refractivity contribution in [3.8, 4) is 0 Å². The molecule has 0 saturated carbocycles. The number of anilines is 1. The summed E-state index contributed by atoms with van der Waals surface area (Å²) in [6.07, 6.45) is 1.48. The highest BCUT2D eigenvalue weighted by molar-refractivity contribution is 7.92. The molecule has 9 heteroatoms. The highest BCUT2D eigenvalue weighted by Crippen LogP contribution is 2.36. The second-order valence-corrected chi connectivity index (χ2v) is 8.15. The minimum atomic E-state index is -5.43. The third-order valence-electron chi connectivity index (χ3n) is 4.73. The summed E-state index contributed by atoms with van der Waals surface area (Å²) in [6, 6.07) is 5.12. The van der Waals surface area contributed by atoms with Gasteiger partial charge in [-0.15, -0.1) is 0 Å². The third kappa shape index (κ3) is 3.97. The minimum absolute atomic E-state index is 0.0273. The van der Waals surface area contributed by atoms with Crippen LogP contribution in [0.5, 0.6) is 0 Å². The van der Waals surface area contributed by atoms with Crippen molar-refractivity contribution in [2.45, 2.75) is 37.1 Å². The zero-order valence-corrected chi connectivity index (χ0v) is 15.6. The smallest absolute Gasteiger partial charge is 0.367 e. The van der Waals surface area contributed by atoms with Crippen LogP contribution in [0.2, 0.25) is 0 Å². The fourth-order valence-corrected chi connectivity index (χ4v) is 4.11. The summed E-state index contributed by atoms with van der Waals surface area (Å²) < 4.78 is 62.5. The molecule has 0 unspecified atom stereocenters. The van der Waals surface area contributed by atoms with Crippen molar-refractivity contribution in [2.75, 3.05) is 31.1 Å². The topological polar surface area (TPSA) is 57.7 Å². The quantitative estimate of drug-likeness (QED) is 0.773. The number of carbonyl (C=O) groups excluding carboxylic acids is 1. The molecule has 1 aliphatic heterocycles. The Morgan fingerprint density at radius 1 is 1.08 bits per heavy atom. The fraction of sp³-hybridized carbons (Fsp3) is 0.588. The number of para-hydroxylation sites is 1. The molecule has 1 saturated heterocycles. The third-order valence-corrected chi connectivity index (χ3v) is 6.26. The van der Waals surface area contributed by atoms with E-state index in [4.69, 9.17) is 0 Å². The van der Waals surface area contributed by atoms with Gasteiger partial charge in [-0.05, 0) is 25.0 Å². The van der Waals surface area contributed by atoms with E-state index in [1.54, 1.807) is 9.80 Å². The van der Waals surface area contributed by atoms with Crippen molar-refractivity contribution >= 4 is 21.4 Å². The normalized spacial score (nSPS) is 16.2. The van der Waals surface area contributed by atoms with E-state index in [2.05, 4.69) is 0 Å². The van der Waals surface area contributed by atoms with Gasteiger partial charge in [-0.1, -0.05) is 26.0 Å². The fourth-order valence-electron chi connectivity index (χ4n) is 3.13. The number of halogens is 3. The molecule has 0 atom stereocenters. The first-order chi connectivity index (χ1) is 12.1. The molecular weight excluding hydrogens is 369 g/mol. The van der Waals surface area contributed by atoms with Gasteiger partial charge < -0.3 is 9.80 Å². The summed E-state index contributed by atoms with van der Waals surface area (Å²) in [4.78, 5) is 15.0. The summed E-state index contributed by atoms with van der Waals surface area (Å²) in [5.74, 6) is -0.00899. The van der Waals surface area contributed by atoms with Gasteiger partial charge in [-0.25, -0.2) is 8.42 Å². The van der Waals surface area contributed by atoms with Crippen LogP contribution in [0.1, 0.15) is 26.7 Å². The van der Waals surface area contributed by atoms with E-state index >= 15 is 0 Å². The van der Waals surface area contributed by atoms with Crippen LogP contribution in [-0.2, 0) is 14.6 Å². The van der Waals surface area contributed by atoms with Crippen LogP contribution in [0, 0.1) is 5.92 Å². The van der Waals surface area contributed by atoms with Crippen molar-refractivity contribution in [2.24, 2.45) is 5.92 Å². The first-order valence-electron chi connectivity index (χ1n) is 8.57. The number of sulfone groups is 1. The summed E-state index contributed by atoms with van der Waals surface area (Å²) in [5.41, 5.74) is -5.32. The van der Waals surface area contributed by atoms with Gasteiger partial charge in [-0.3, -0.25) is 4.79 Å². The minimum Gasteiger partial charge on any atom is -0.367 e. The number of carbonyl (C=O) groups is 1. The van der Waals surface area contributed by atoms with E-state index in [-0.39, 0.29) is 30.6 Å². The maximum absolute atomic E-state index is 12.9. The van der Waals surface area contributed by atoms with Crippen LogP contribution in [0.3, 0.4) is 0 Å². The van der Waals surface area contributed by atoms with Crippen LogP contribution in [0.15, 0.2) is 29.2 Å². The van der Waals surface area contributed by atoms with Gasteiger partial charge in [0.1, 0.15) is 0 Å². The maximum atomic E-state index is 12.9. The Kier molecular flexibility index (Phi) is 6.21. The van der Waals surface area contributed by atoms with E-state index in [0.717, 1.165) is 18.9 Å². The van der Waals surface area contributed by atoms with Crippen LogP contribution < -0.4 is 4.90 Å². The predicted molar refractivity (Wildman–Crippen MR) is 92.5 cm³/mol. The average Bonchev–Trinajstić information content (AvgIpc) is 2.62. The number of hydrogen-bond acceptors (Lipinski definition) is 4. The molecule has 1 fully saturated rings. The maximum Gasteiger partial charge on any atom is 0.501 e. The van der Waals surface area contributed by atoms with Crippen molar-refractivity contribution < 1.29 is 26.4 Å². The van der Waals surface area contributed by atoms with E-state index < -0.39 is 20.2 Å². The lowest BCUT2D eigenvalue weighted by Gasteiger charge is -2.38. The summed E-state index contributed by atoms with van der Waals surface area (Å²) in [7, 11) is -5.43. The molecule has 1 amide bonds. The number of amides is 1. The monoisotopic (exact) mass is 392 g/mol. The Bertz CT molecular complexity index is 738. The molecule has 0 aromatic heterocycles. The molecule has 0 spiro atoms. The SMILES string of the molecule is CCC(CC)C(=O)N1CCN(c2ccccc2S(=O)(=O)C(F)(F)F)CC1. The van der Waals surface area contributed by atoms with Crippen LogP contribution in [0.4, 0.5) is 18.9 Å². The zero-order valence-electron chi connectivity index (χ0n) is 14.8. The number of benzene rings is 1. The molecular formula is C17H23F3N2O3S. The Morgan fingerprint density at radius 3 is 2.12 bits per heavy atom. The largest absolute Gasteiger partial charge is 0.501 e. The Balaban J connectivity index is 2.20. The molecule has 1 aromatic carbocycles. The summed E-state index contributed by atoms with van der Waals surface area (Å²) >= 11 is 0. The van der Waals surface area contributed by atoms with E-state index in [9.17, 15) is 26.4 Å². The second kappa shape index (κ2) is 7.85. The van der Waals surface area contributed by atoms with Crippen molar-refractivity contribution in [3.05, 3.63) is 24.3 Å². The van der Waals surface area contributed by atoms with Crippen molar-refractivity contribution in [1.29, 1.82) is 0 Å². The van der Waals surface area contributed by atoms with Crippen LogP contribution in [0.25, 0.3) is 0 Å². The number of piperazine rings is 1. The predicted octanol–water partition coefficient (Wildman–Crippen LogP) is 3.06. The van der Waals surface area contributed by atoms with Crippen molar-refractivity contribution in [1.82, 2.24) is 4.90 Å². The molecule has 0 aliphatic carbocycles. The lowest BCUT2D eigenvalue weighted by Crippen LogP contribution is -2.50.